The summed E-state index contributed by atoms with van der Waals surface area (Å²) in [5.74, 6) is 0. The van der Waals surface area contributed by atoms with Crippen LogP contribution in [0.15, 0.2) is 279 Å². The molecule has 0 aromatic heterocycles. The topological polar surface area (TPSA) is 6.48 Å². The van der Waals surface area contributed by atoms with Gasteiger partial charge in [-0.2, -0.15) is 0 Å². The second-order valence-electron chi connectivity index (χ2n) is 19.6. The summed E-state index contributed by atoms with van der Waals surface area (Å²) in [4.78, 5) is 4.94. The first kappa shape index (κ1) is 44.2. The first-order chi connectivity index (χ1) is 37.2. The van der Waals surface area contributed by atoms with Gasteiger partial charge >= 0.3 is 0 Å². The van der Waals surface area contributed by atoms with Gasteiger partial charge in [-0.15, -0.1) is 0 Å². The van der Waals surface area contributed by atoms with Crippen LogP contribution in [0.5, 0.6) is 0 Å². The highest BCUT2D eigenvalue weighted by atomic mass is 15.2. The van der Waals surface area contributed by atoms with E-state index in [0.717, 1.165) is 22.7 Å². The Labute approximate surface area is 438 Å². The predicted molar refractivity (Wildman–Crippen MR) is 319 cm³/mol. The average molecular weight is 957 g/mol. The molecule has 0 saturated carbocycles. The van der Waals surface area contributed by atoms with Crippen molar-refractivity contribution < 1.29 is 0 Å². The molecule has 0 N–H and O–H groups in total. The van der Waals surface area contributed by atoms with Crippen LogP contribution in [-0.4, -0.2) is 0 Å². The molecule has 75 heavy (non-hydrogen) atoms. The predicted octanol–water partition coefficient (Wildman–Crippen LogP) is 20.3. The summed E-state index contributed by atoms with van der Waals surface area (Å²) in [5, 5.41) is 9.80. The molecule has 1 spiro atoms. The molecule has 0 unspecified atom stereocenters. The Morgan fingerprint density at radius 3 is 1.17 bits per heavy atom. The monoisotopic (exact) mass is 956 g/mol. The second kappa shape index (κ2) is 17.9. The number of rotatable bonds is 6. The largest absolute Gasteiger partial charge is 0.310 e. The summed E-state index contributed by atoms with van der Waals surface area (Å²) in [5.41, 5.74) is 18.7. The molecule has 1 aliphatic carbocycles. The van der Waals surface area contributed by atoms with E-state index in [1.165, 1.54) is 110 Å². The third kappa shape index (κ3) is 6.94. The fraction of sp³-hybridized carbons (Fsp3) is 0.0411. The molecular formula is C73H52N2. The Hall–Kier alpha value is -9.50. The maximum absolute atomic E-state index is 2.50. The van der Waals surface area contributed by atoms with Crippen LogP contribution < -0.4 is 9.80 Å². The van der Waals surface area contributed by atoms with Gasteiger partial charge in [0.05, 0.1) is 28.2 Å². The zero-order valence-corrected chi connectivity index (χ0v) is 42.0. The second-order valence-corrected chi connectivity index (χ2v) is 19.6. The van der Waals surface area contributed by atoms with E-state index >= 15 is 0 Å². The van der Waals surface area contributed by atoms with Crippen molar-refractivity contribution in [2.45, 2.75) is 19.3 Å². The van der Waals surface area contributed by atoms with Crippen LogP contribution in [0.2, 0.25) is 0 Å². The van der Waals surface area contributed by atoms with Crippen LogP contribution in [0.4, 0.5) is 34.1 Å². The SMILES string of the molecule is CC.c1ccc2c(c1)N(c1ccc(N(c3cccc4ccccc34)c3cccc4ccccc34)cc1)c1ccccc1C21c2cc(-c3ccc4ccccc4c3)ccc2-c2ccc(-c3ccc4ccccc4c3)cc21. The number of fused-ring (bicyclic) bond motifs is 13. The number of nitrogens with zero attached hydrogens (tertiary/aromatic N) is 2. The highest BCUT2D eigenvalue weighted by Gasteiger charge is 2.52. The molecule has 0 fully saturated rings. The van der Waals surface area contributed by atoms with Gasteiger partial charge < -0.3 is 9.80 Å². The van der Waals surface area contributed by atoms with Gasteiger partial charge in [0, 0.05) is 22.1 Å². The molecule has 0 bridgehead atoms. The lowest BCUT2D eigenvalue weighted by Crippen LogP contribution is -2.36. The standard InChI is InChI=1S/C71H46N2.C2H6/c1-3-19-51-43-53(33-31-47(51)15-1)55-35-41-61-62-42-36-56(54-34-32-48-16-2-4-20-52(48)44-54)46-66(62)71(65(61)45-55)63-25-9-11-27-69(63)73(70-28-12-10-26-64(70)71)58-39-37-57(38-40-58)72(67-29-13-21-49-17-5-7-23-59(49)67)68-30-14-22-50-18-6-8-24-60(50)68;1-2/h1-46H;1-2H3. The summed E-state index contributed by atoms with van der Waals surface area (Å²) in [6.07, 6.45) is 0. The Morgan fingerprint density at radius 2 is 0.680 bits per heavy atom. The minimum atomic E-state index is -0.631. The molecule has 15 rings (SSSR count). The first-order valence-electron chi connectivity index (χ1n) is 26.3. The molecule has 2 aliphatic rings. The lowest BCUT2D eigenvalue weighted by Gasteiger charge is -2.45. The molecule has 13 aromatic rings. The smallest absolute Gasteiger partial charge is 0.0754 e. The summed E-state index contributed by atoms with van der Waals surface area (Å²) >= 11 is 0. The molecule has 0 saturated heterocycles. The van der Waals surface area contributed by atoms with E-state index in [-0.39, 0.29) is 0 Å². The lowest BCUT2D eigenvalue weighted by atomic mass is 9.64. The van der Waals surface area contributed by atoms with Gasteiger partial charge in [-0.1, -0.05) is 220 Å². The Bertz CT molecular complexity index is 4090. The first-order valence-corrected chi connectivity index (χ1v) is 26.3. The Kier molecular flexibility index (Phi) is 10.6. The average Bonchev–Trinajstić information content (AvgIpc) is 3.96. The summed E-state index contributed by atoms with van der Waals surface area (Å²) < 4.78 is 0. The van der Waals surface area contributed by atoms with Gasteiger partial charge in [0.15, 0.2) is 0 Å². The maximum Gasteiger partial charge on any atom is 0.0754 e. The van der Waals surface area contributed by atoms with Crippen molar-refractivity contribution in [3.05, 3.63) is 301 Å². The molecule has 2 nitrogen and oxygen atoms in total. The van der Waals surface area contributed by atoms with E-state index in [4.69, 9.17) is 0 Å². The highest BCUT2D eigenvalue weighted by molar-refractivity contribution is 6.05. The van der Waals surface area contributed by atoms with E-state index in [9.17, 15) is 0 Å². The van der Waals surface area contributed by atoms with Gasteiger partial charge in [-0.3, -0.25) is 0 Å². The van der Waals surface area contributed by atoms with Crippen LogP contribution >= 0.6 is 0 Å². The number of para-hydroxylation sites is 2. The third-order valence-corrected chi connectivity index (χ3v) is 15.8. The molecule has 2 heteroatoms. The minimum Gasteiger partial charge on any atom is -0.310 e. The molecular weight excluding hydrogens is 905 g/mol. The Balaban J connectivity index is 0.00000255. The summed E-state index contributed by atoms with van der Waals surface area (Å²) in [6.45, 7) is 4.00. The van der Waals surface area contributed by atoms with Crippen molar-refractivity contribution >= 4 is 77.2 Å². The Morgan fingerprint density at radius 1 is 0.293 bits per heavy atom. The molecule has 0 atom stereocenters. The van der Waals surface area contributed by atoms with E-state index in [2.05, 4.69) is 289 Å². The fourth-order valence-electron chi connectivity index (χ4n) is 12.5. The van der Waals surface area contributed by atoms with Gasteiger partial charge in [0.2, 0.25) is 0 Å². The molecule has 1 aliphatic heterocycles. The number of benzene rings is 13. The van der Waals surface area contributed by atoms with Crippen LogP contribution in [0.3, 0.4) is 0 Å². The maximum atomic E-state index is 2.50. The van der Waals surface area contributed by atoms with Crippen molar-refractivity contribution in [2.75, 3.05) is 9.80 Å². The van der Waals surface area contributed by atoms with Gasteiger partial charge in [0.25, 0.3) is 0 Å². The molecule has 0 amide bonds. The number of hydrogen-bond donors (Lipinski definition) is 0. The van der Waals surface area contributed by atoms with Crippen LogP contribution in [0.1, 0.15) is 36.1 Å². The third-order valence-electron chi connectivity index (χ3n) is 15.8. The molecule has 354 valence electrons. The lowest BCUT2D eigenvalue weighted by molar-refractivity contribution is 0.753. The molecule has 0 radical (unpaired) electrons. The number of anilines is 6. The highest BCUT2D eigenvalue weighted by Crippen LogP contribution is 2.64. The van der Waals surface area contributed by atoms with Gasteiger partial charge in [-0.25, -0.2) is 0 Å². The summed E-state index contributed by atoms with van der Waals surface area (Å²) in [6, 6.07) is 104. The summed E-state index contributed by atoms with van der Waals surface area (Å²) in [7, 11) is 0. The molecule has 1 heterocycles. The van der Waals surface area contributed by atoms with Gasteiger partial charge in [0.1, 0.15) is 0 Å². The number of hydrogen-bond acceptors (Lipinski definition) is 2. The minimum absolute atomic E-state index is 0.631. The zero-order chi connectivity index (χ0) is 50.0. The van der Waals surface area contributed by atoms with E-state index in [0.29, 0.717) is 0 Å². The fourth-order valence-corrected chi connectivity index (χ4v) is 12.5. The van der Waals surface area contributed by atoms with E-state index in [1.807, 2.05) is 13.8 Å². The molecule has 13 aromatic carbocycles. The van der Waals surface area contributed by atoms with Crippen molar-refractivity contribution in [1.82, 2.24) is 0 Å². The van der Waals surface area contributed by atoms with Gasteiger partial charge in [-0.05, 0) is 161 Å². The zero-order valence-electron chi connectivity index (χ0n) is 42.0. The van der Waals surface area contributed by atoms with Crippen molar-refractivity contribution in [1.29, 1.82) is 0 Å². The quantitative estimate of drug-likeness (QED) is 0.164. The van der Waals surface area contributed by atoms with Crippen LogP contribution in [0.25, 0.3) is 76.5 Å². The normalized spacial score (nSPS) is 12.7. The van der Waals surface area contributed by atoms with Crippen LogP contribution in [0, 0.1) is 0 Å². The van der Waals surface area contributed by atoms with Crippen molar-refractivity contribution in [3.63, 3.8) is 0 Å². The van der Waals surface area contributed by atoms with Crippen LogP contribution in [-0.2, 0) is 5.41 Å². The van der Waals surface area contributed by atoms with E-state index in [1.54, 1.807) is 0 Å². The van der Waals surface area contributed by atoms with E-state index < -0.39 is 5.41 Å². The van der Waals surface area contributed by atoms with Crippen molar-refractivity contribution in [3.8, 4) is 33.4 Å². The van der Waals surface area contributed by atoms with Crippen molar-refractivity contribution in [2.24, 2.45) is 0 Å².